The second-order valence-corrected chi connectivity index (χ2v) is 6.11. The molecule has 0 bridgehead atoms. The summed E-state index contributed by atoms with van der Waals surface area (Å²) in [6.07, 6.45) is 1.78. The highest BCUT2D eigenvalue weighted by atomic mass is 35.5. The molecule has 20 heavy (non-hydrogen) atoms. The number of piperidine rings is 1. The summed E-state index contributed by atoms with van der Waals surface area (Å²) < 4.78 is 4.27. The summed E-state index contributed by atoms with van der Waals surface area (Å²) in [6, 6.07) is 3.94. The fourth-order valence-corrected chi connectivity index (χ4v) is 3.37. The van der Waals surface area contributed by atoms with Gasteiger partial charge in [0.2, 0.25) is 11.0 Å². The molecule has 2 aromatic rings. The van der Waals surface area contributed by atoms with Crippen molar-refractivity contribution < 1.29 is 4.79 Å². The maximum absolute atomic E-state index is 12.1. The maximum atomic E-state index is 12.1. The molecule has 1 amide bonds. The van der Waals surface area contributed by atoms with Crippen molar-refractivity contribution in [3.8, 4) is 10.7 Å². The van der Waals surface area contributed by atoms with Gasteiger partial charge in [0.15, 0.2) is 5.82 Å². The summed E-state index contributed by atoms with van der Waals surface area (Å²) in [7, 11) is 0. The number of aromatic nitrogens is 2. The van der Waals surface area contributed by atoms with E-state index in [4.69, 9.17) is 0 Å². The Morgan fingerprint density at radius 1 is 1.40 bits per heavy atom. The Hall–Kier alpha value is -1.02. The molecule has 2 aromatic heterocycles. The minimum atomic E-state index is 0. The van der Waals surface area contributed by atoms with Crippen LogP contribution in [0.1, 0.15) is 12.8 Å². The number of hydrogen-bond acceptors (Lipinski definition) is 6. The Kier molecular flexibility index (Phi) is 5.47. The van der Waals surface area contributed by atoms with E-state index in [-0.39, 0.29) is 24.2 Å². The van der Waals surface area contributed by atoms with Gasteiger partial charge in [0.25, 0.3) is 0 Å². The van der Waals surface area contributed by atoms with E-state index in [9.17, 15) is 4.79 Å². The number of carbonyl (C=O) groups is 1. The van der Waals surface area contributed by atoms with Gasteiger partial charge in [-0.3, -0.25) is 4.79 Å². The number of halogens is 1. The van der Waals surface area contributed by atoms with Crippen LogP contribution in [0.5, 0.6) is 0 Å². The smallest absolute Gasteiger partial charge is 0.229 e. The molecule has 0 radical (unpaired) electrons. The van der Waals surface area contributed by atoms with Crippen LogP contribution < -0.4 is 10.6 Å². The van der Waals surface area contributed by atoms with Crippen molar-refractivity contribution in [1.82, 2.24) is 14.7 Å². The van der Waals surface area contributed by atoms with E-state index < -0.39 is 0 Å². The van der Waals surface area contributed by atoms with E-state index in [1.54, 1.807) is 11.3 Å². The summed E-state index contributed by atoms with van der Waals surface area (Å²) in [4.78, 5) is 17.5. The highest BCUT2D eigenvalue weighted by Crippen LogP contribution is 2.25. The number of amides is 1. The number of anilines is 1. The lowest BCUT2D eigenvalue weighted by atomic mass is 9.97. The Morgan fingerprint density at radius 2 is 2.20 bits per heavy atom. The highest BCUT2D eigenvalue weighted by molar-refractivity contribution is 7.14. The molecule has 0 unspecified atom stereocenters. The lowest BCUT2D eigenvalue weighted by molar-refractivity contribution is -0.120. The van der Waals surface area contributed by atoms with Gasteiger partial charge in [-0.1, -0.05) is 6.07 Å². The molecule has 1 aliphatic heterocycles. The van der Waals surface area contributed by atoms with Crippen molar-refractivity contribution in [3.63, 3.8) is 0 Å². The van der Waals surface area contributed by atoms with Crippen LogP contribution in [-0.2, 0) is 4.79 Å². The number of nitrogens with zero attached hydrogens (tertiary/aromatic N) is 2. The van der Waals surface area contributed by atoms with Crippen LogP contribution in [0.2, 0.25) is 0 Å². The molecule has 0 aliphatic carbocycles. The third kappa shape index (κ3) is 3.54. The van der Waals surface area contributed by atoms with Gasteiger partial charge in [-0.05, 0) is 37.4 Å². The van der Waals surface area contributed by atoms with Gasteiger partial charge in [-0.25, -0.2) is 0 Å². The standard InChI is InChI=1S/C12H14N4OS2.ClH/c17-11(8-3-5-13-6-4-8)15-12-14-10(16-19-12)9-2-1-7-18-9;/h1-2,7-8,13H,3-6H2,(H,14,15,16,17);1H. The molecule has 2 N–H and O–H groups in total. The SMILES string of the molecule is Cl.O=C(Nc1nc(-c2cccs2)ns1)C1CCNCC1. The first-order valence-electron chi connectivity index (χ1n) is 6.22. The van der Waals surface area contributed by atoms with E-state index >= 15 is 0 Å². The van der Waals surface area contributed by atoms with Crippen molar-refractivity contribution >= 4 is 46.3 Å². The second kappa shape index (κ2) is 7.12. The minimum Gasteiger partial charge on any atom is -0.317 e. The van der Waals surface area contributed by atoms with Gasteiger partial charge in [0.05, 0.1) is 4.88 Å². The quantitative estimate of drug-likeness (QED) is 0.908. The number of nitrogens with one attached hydrogen (secondary N) is 2. The monoisotopic (exact) mass is 330 g/mol. The first-order valence-corrected chi connectivity index (χ1v) is 7.87. The number of carbonyl (C=O) groups excluding carboxylic acids is 1. The summed E-state index contributed by atoms with van der Waals surface area (Å²) in [5.74, 6) is 0.853. The fraction of sp³-hybridized carbons (Fsp3) is 0.417. The molecule has 1 saturated heterocycles. The molecule has 1 fully saturated rings. The van der Waals surface area contributed by atoms with E-state index in [1.165, 1.54) is 11.5 Å². The Balaban J connectivity index is 0.00000147. The summed E-state index contributed by atoms with van der Waals surface area (Å²) in [5, 5.41) is 8.71. The Labute approximate surface area is 131 Å². The van der Waals surface area contributed by atoms with Crippen LogP contribution in [0.3, 0.4) is 0 Å². The van der Waals surface area contributed by atoms with E-state index in [0.717, 1.165) is 30.8 Å². The van der Waals surface area contributed by atoms with Crippen LogP contribution in [-0.4, -0.2) is 28.4 Å². The highest BCUT2D eigenvalue weighted by Gasteiger charge is 2.22. The lowest BCUT2D eigenvalue weighted by Crippen LogP contribution is -2.34. The second-order valence-electron chi connectivity index (χ2n) is 4.41. The van der Waals surface area contributed by atoms with Crippen molar-refractivity contribution in [2.75, 3.05) is 18.4 Å². The maximum Gasteiger partial charge on any atom is 0.229 e. The van der Waals surface area contributed by atoms with Crippen molar-refractivity contribution in [1.29, 1.82) is 0 Å². The van der Waals surface area contributed by atoms with Crippen molar-refractivity contribution in [2.45, 2.75) is 12.8 Å². The van der Waals surface area contributed by atoms with Gasteiger partial charge >= 0.3 is 0 Å². The Bertz CT molecular complexity index is 552. The molecular weight excluding hydrogens is 316 g/mol. The van der Waals surface area contributed by atoms with Crippen LogP contribution in [0.15, 0.2) is 17.5 Å². The van der Waals surface area contributed by atoms with E-state index in [1.807, 2.05) is 17.5 Å². The van der Waals surface area contributed by atoms with Crippen LogP contribution in [0.4, 0.5) is 5.13 Å². The number of rotatable bonds is 3. The summed E-state index contributed by atoms with van der Waals surface area (Å²) in [5.41, 5.74) is 0. The van der Waals surface area contributed by atoms with Gasteiger partial charge < -0.3 is 10.6 Å². The molecule has 5 nitrogen and oxygen atoms in total. The third-order valence-corrected chi connectivity index (χ3v) is 4.60. The topological polar surface area (TPSA) is 66.9 Å². The van der Waals surface area contributed by atoms with Crippen LogP contribution >= 0.6 is 35.3 Å². The normalized spacial score (nSPS) is 15.6. The van der Waals surface area contributed by atoms with Gasteiger partial charge in [0.1, 0.15) is 0 Å². The van der Waals surface area contributed by atoms with Crippen LogP contribution in [0.25, 0.3) is 10.7 Å². The molecule has 8 heteroatoms. The Morgan fingerprint density at radius 3 is 2.90 bits per heavy atom. The van der Waals surface area contributed by atoms with Crippen molar-refractivity contribution in [2.24, 2.45) is 5.92 Å². The third-order valence-electron chi connectivity index (χ3n) is 3.11. The predicted molar refractivity (Wildman–Crippen MR) is 84.7 cm³/mol. The molecule has 0 atom stereocenters. The average Bonchev–Trinajstić information content (AvgIpc) is 3.10. The first-order chi connectivity index (χ1) is 9.33. The number of thiophene rings is 1. The zero-order valence-corrected chi connectivity index (χ0v) is 13.1. The molecular formula is C12H15ClN4OS2. The predicted octanol–water partition coefficient (Wildman–Crippen LogP) is 2.63. The molecule has 1 aliphatic rings. The van der Waals surface area contributed by atoms with Gasteiger partial charge in [0, 0.05) is 17.5 Å². The summed E-state index contributed by atoms with van der Waals surface area (Å²) >= 11 is 2.84. The van der Waals surface area contributed by atoms with Crippen LogP contribution in [0, 0.1) is 5.92 Å². The zero-order valence-electron chi connectivity index (χ0n) is 10.7. The zero-order chi connectivity index (χ0) is 13.1. The van der Waals surface area contributed by atoms with Gasteiger partial charge in [-0.15, -0.1) is 23.7 Å². The summed E-state index contributed by atoms with van der Waals surface area (Å²) in [6.45, 7) is 1.82. The van der Waals surface area contributed by atoms with Gasteiger partial charge in [-0.2, -0.15) is 9.36 Å². The van der Waals surface area contributed by atoms with E-state index in [0.29, 0.717) is 11.0 Å². The molecule has 3 rings (SSSR count). The molecule has 0 spiro atoms. The molecule has 108 valence electrons. The lowest BCUT2D eigenvalue weighted by Gasteiger charge is -2.20. The largest absolute Gasteiger partial charge is 0.317 e. The van der Waals surface area contributed by atoms with Crippen molar-refractivity contribution in [3.05, 3.63) is 17.5 Å². The van der Waals surface area contributed by atoms with E-state index in [2.05, 4.69) is 20.0 Å². The minimum absolute atomic E-state index is 0. The molecule has 3 heterocycles. The fourth-order valence-electron chi connectivity index (χ4n) is 2.07. The number of hydrogen-bond donors (Lipinski definition) is 2. The average molecular weight is 331 g/mol. The molecule has 0 saturated carbocycles. The first kappa shape index (κ1) is 15.4. The molecule has 0 aromatic carbocycles.